The van der Waals surface area contributed by atoms with Gasteiger partial charge >= 0.3 is 0 Å². The number of primary amides is 1. The van der Waals surface area contributed by atoms with E-state index in [4.69, 9.17) is 10.5 Å². The van der Waals surface area contributed by atoms with Gasteiger partial charge in [0, 0.05) is 11.3 Å². The van der Waals surface area contributed by atoms with E-state index in [1.165, 1.54) is 11.8 Å². The second-order valence-corrected chi connectivity index (χ2v) is 6.25. The van der Waals surface area contributed by atoms with Gasteiger partial charge in [-0.1, -0.05) is 42.1 Å². The number of hydrogen-bond donors (Lipinski definition) is 1. The molecule has 1 amide bonds. The summed E-state index contributed by atoms with van der Waals surface area (Å²) in [6.45, 7) is 2.58. The van der Waals surface area contributed by atoms with E-state index in [1.54, 1.807) is 0 Å². The van der Waals surface area contributed by atoms with Crippen LogP contribution in [0.5, 0.6) is 5.75 Å². The molecule has 0 unspecified atom stereocenters. The largest absolute Gasteiger partial charge is 0.494 e. The lowest BCUT2D eigenvalue weighted by Gasteiger charge is -2.12. The van der Waals surface area contributed by atoms with Gasteiger partial charge in [0.1, 0.15) is 5.75 Å². The maximum atomic E-state index is 11.2. The van der Waals surface area contributed by atoms with Crippen LogP contribution in [0, 0.1) is 0 Å². The molecule has 0 saturated heterocycles. The van der Waals surface area contributed by atoms with Gasteiger partial charge in [-0.15, -0.1) is 0 Å². The van der Waals surface area contributed by atoms with Crippen LogP contribution in [0.2, 0.25) is 0 Å². The highest BCUT2D eigenvalue weighted by Gasteiger charge is 2.15. The molecule has 2 N–H and O–H groups in total. The van der Waals surface area contributed by atoms with Gasteiger partial charge in [-0.25, -0.2) is 4.98 Å². The summed E-state index contributed by atoms with van der Waals surface area (Å²) in [7, 11) is 0. The fraction of sp³-hybridized carbons (Fsp3) is 0.158. The molecule has 3 rings (SSSR count). The molecule has 3 aromatic rings. The Kier molecular flexibility index (Phi) is 5.40. The highest BCUT2D eigenvalue weighted by Crippen LogP contribution is 2.30. The van der Waals surface area contributed by atoms with Crippen molar-refractivity contribution in [2.24, 2.45) is 5.73 Å². The van der Waals surface area contributed by atoms with Crippen LogP contribution in [0.3, 0.4) is 0 Å². The molecule has 5 nitrogen and oxygen atoms in total. The molecule has 25 heavy (non-hydrogen) atoms. The van der Waals surface area contributed by atoms with Crippen LogP contribution >= 0.6 is 11.8 Å². The predicted octanol–water partition coefficient (Wildman–Crippen LogP) is 3.52. The molecule has 1 heterocycles. The van der Waals surface area contributed by atoms with Crippen molar-refractivity contribution in [1.29, 1.82) is 0 Å². The third kappa shape index (κ3) is 4.03. The SMILES string of the molecule is CCOc1ccc(-n2c(-c3ccccc3)cnc2SCC(N)=O)cc1. The molecule has 1 aromatic heterocycles. The van der Waals surface area contributed by atoms with Crippen molar-refractivity contribution in [3.05, 3.63) is 60.8 Å². The number of ether oxygens (including phenoxy) is 1. The zero-order chi connectivity index (χ0) is 17.6. The van der Waals surface area contributed by atoms with Gasteiger partial charge in [-0.2, -0.15) is 0 Å². The highest BCUT2D eigenvalue weighted by atomic mass is 32.2. The number of nitrogens with zero attached hydrogens (tertiary/aromatic N) is 2. The summed E-state index contributed by atoms with van der Waals surface area (Å²) >= 11 is 1.33. The van der Waals surface area contributed by atoms with E-state index in [-0.39, 0.29) is 11.7 Å². The summed E-state index contributed by atoms with van der Waals surface area (Å²) in [5.41, 5.74) is 8.24. The summed E-state index contributed by atoms with van der Waals surface area (Å²) in [6.07, 6.45) is 1.81. The standard InChI is InChI=1S/C19H19N3O2S/c1-2-24-16-10-8-15(9-11-16)22-17(14-6-4-3-5-7-14)12-21-19(22)25-13-18(20)23/h3-12H,2,13H2,1H3,(H2,20,23). The summed E-state index contributed by atoms with van der Waals surface area (Å²) in [5.74, 6) is 0.633. The topological polar surface area (TPSA) is 70.1 Å². The lowest BCUT2D eigenvalue weighted by atomic mass is 10.1. The number of carbonyl (C=O) groups is 1. The van der Waals surface area contributed by atoms with Crippen LogP contribution in [-0.4, -0.2) is 27.8 Å². The molecule has 2 aromatic carbocycles. The number of thioether (sulfide) groups is 1. The van der Waals surface area contributed by atoms with Crippen molar-refractivity contribution in [3.8, 4) is 22.7 Å². The minimum Gasteiger partial charge on any atom is -0.494 e. The summed E-state index contributed by atoms with van der Waals surface area (Å²) in [5, 5.41) is 0.724. The predicted molar refractivity (Wildman–Crippen MR) is 100 cm³/mol. The van der Waals surface area contributed by atoms with E-state index < -0.39 is 0 Å². The average Bonchev–Trinajstić information content (AvgIpc) is 3.05. The van der Waals surface area contributed by atoms with E-state index in [9.17, 15) is 4.79 Å². The van der Waals surface area contributed by atoms with Crippen molar-refractivity contribution < 1.29 is 9.53 Å². The summed E-state index contributed by atoms with van der Waals surface area (Å²) in [4.78, 5) is 15.6. The number of imidazole rings is 1. The van der Waals surface area contributed by atoms with Crippen LogP contribution in [0.4, 0.5) is 0 Å². The molecule has 6 heteroatoms. The third-order valence-corrected chi connectivity index (χ3v) is 4.52. The van der Waals surface area contributed by atoms with Gasteiger partial charge in [0.05, 0.1) is 24.3 Å². The quantitative estimate of drug-likeness (QED) is 0.660. The molecule has 0 aliphatic heterocycles. The number of rotatable bonds is 7. The number of aromatic nitrogens is 2. The molecule has 0 radical (unpaired) electrons. The Morgan fingerprint density at radius 2 is 1.88 bits per heavy atom. The normalized spacial score (nSPS) is 10.6. The number of amides is 1. The summed E-state index contributed by atoms with van der Waals surface area (Å²) < 4.78 is 7.54. The zero-order valence-corrected chi connectivity index (χ0v) is 14.7. The van der Waals surface area contributed by atoms with Gasteiger partial charge in [0.2, 0.25) is 5.91 Å². The number of hydrogen-bond acceptors (Lipinski definition) is 4. The Bertz CT molecular complexity index is 845. The Morgan fingerprint density at radius 3 is 2.52 bits per heavy atom. The number of benzene rings is 2. The maximum Gasteiger partial charge on any atom is 0.227 e. The summed E-state index contributed by atoms with van der Waals surface area (Å²) in [6, 6.07) is 17.8. The highest BCUT2D eigenvalue weighted by molar-refractivity contribution is 7.99. The molecule has 0 atom stereocenters. The second kappa shape index (κ2) is 7.90. The van der Waals surface area contributed by atoms with Crippen LogP contribution in [0.1, 0.15) is 6.92 Å². The molecule has 0 bridgehead atoms. The van der Waals surface area contributed by atoms with Crippen LogP contribution in [0.15, 0.2) is 66.0 Å². The molecule has 0 aliphatic rings. The fourth-order valence-electron chi connectivity index (χ4n) is 2.49. The van der Waals surface area contributed by atoms with E-state index in [0.717, 1.165) is 27.9 Å². The van der Waals surface area contributed by atoms with E-state index in [2.05, 4.69) is 4.98 Å². The van der Waals surface area contributed by atoms with E-state index >= 15 is 0 Å². The van der Waals surface area contributed by atoms with Crippen molar-refractivity contribution in [1.82, 2.24) is 9.55 Å². The Balaban J connectivity index is 2.04. The van der Waals surface area contributed by atoms with Crippen molar-refractivity contribution in [2.45, 2.75) is 12.1 Å². The van der Waals surface area contributed by atoms with Gasteiger partial charge in [0.15, 0.2) is 5.16 Å². The van der Waals surface area contributed by atoms with Gasteiger partial charge in [0.25, 0.3) is 0 Å². The molecular formula is C19H19N3O2S. The van der Waals surface area contributed by atoms with Gasteiger partial charge in [-0.05, 0) is 31.2 Å². The Labute approximate surface area is 150 Å². The Hall–Kier alpha value is -2.73. The first-order valence-corrected chi connectivity index (χ1v) is 8.95. The Morgan fingerprint density at radius 1 is 1.16 bits per heavy atom. The van der Waals surface area contributed by atoms with Gasteiger partial charge in [-0.3, -0.25) is 9.36 Å². The molecule has 0 fully saturated rings. The smallest absolute Gasteiger partial charge is 0.227 e. The van der Waals surface area contributed by atoms with Crippen molar-refractivity contribution in [2.75, 3.05) is 12.4 Å². The second-order valence-electron chi connectivity index (χ2n) is 5.31. The zero-order valence-electron chi connectivity index (χ0n) is 13.9. The van der Waals surface area contributed by atoms with Crippen LogP contribution < -0.4 is 10.5 Å². The molecular weight excluding hydrogens is 334 g/mol. The number of nitrogens with two attached hydrogens (primary N) is 1. The molecule has 0 spiro atoms. The monoisotopic (exact) mass is 353 g/mol. The lowest BCUT2D eigenvalue weighted by molar-refractivity contribution is -0.115. The number of carbonyl (C=O) groups excluding carboxylic acids is 1. The van der Waals surface area contributed by atoms with Crippen LogP contribution in [-0.2, 0) is 4.79 Å². The fourth-order valence-corrected chi connectivity index (χ4v) is 3.22. The van der Waals surface area contributed by atoms with Gasteiger partial charge < -0.3 is 10.5 Å². The first kappa shape index (κ1) is 17.1. The lowest BCUT2D eigenvalue weighted by Crippen LogP contribution is -2.13. The first-order chi connectivity index (χ1) is 12.2. The molecule has 128 valence electrons. The van der Waals surface area contributed by atoms with Crippen LogP contribution in [0.25, 0.3) is 16.9 Å². The average molecular weight is 353 g/mol. The minimum atomic E-state index is -0.368. The molecule has 0 saturated carbocycles. The van der Waals surface area contributed by atoms with Crippen molar-refractivity contribution >= 4 is 17.7 Å². The first-order valence-electron chi connectivity index (χ1n) is 7.96. The minimum absolute atomic E-state index is 0.183. The third-order valence-electron chi connectivity index (χ3n) is 3.55. The van der Waals surface area contributed by atoms with Crippen molar-refractivity contribution in [3.63, 3.8) is 0 Å². The van der Waals surface area contributed by atoms with E-state index in [0.29, 0.717) is 6.61 Å². The van der Waals surface area contributed by atoms with E-state index in [1.807, 2.05) is 72.3 Å². The maximum absolute atomic E-state index is 11.2. The molecule has 0 aliphatic carbocycles.